The number of phenols is 1. The van der Waals surface area contributed by atoms with Crippen molar-refractivity contribution in [3.05, 3.63) is 53.3 Å². The fourth-order valence-corrected chi connectivity index (χ4v) is 7.78. The van der Waals surface area contributed by atoms with Crippen molar-refractivity contribution in [3.8, 4) is 35.2 Å². The number of aromatic hydroxyl groups is 1. The highest BCUT2D eigenvalue weighted by Crippen LogP contribution is 2.42. The van der Waals surface area contributed by atoms with Gasteiger partial charge in [-0.15, -0.1) is 6.42 Å². The molecule has 47 heavy (non-hydrogen) atoms. The summed E-state index contributed by atoms with van der Waals surface area (Å²) < 4.78 is 68.4. The van der Waals surface area contributed by atoms with E-state index in [1.165, 1.54) is 24.3 Å². The van der Waals surface area contributed by atoms with Crippen LogP contribution in [-0.2, 0) is 0 Å². The molecular weight excluding hydrogens is 610 g/mol. The summed E-state index contributed by atoms with van der Waals surface area (Å²) in [7, 11) is 0. The van der Waals surface area contributed by atoms with E-state index in [0.717, 1.165) is 32.0 Å². The highest BCUT2D eigenvalue weighted by Gasteiger charge is 2.41. The van der Waals surface area contributed by atoms with E-state index in [2.05, 4.69) is 28.0 Å². The molecule has 0 saturated carbocycles. The van der Waals surface area contributed by atoms with Crippen LogP contribution in [0.15, 0.2) is 30.3 Å². The molecule has 11 heteroatoms. The zero-order valence-corrected chi connectivity index (χ0v) is 26.4. The number of piperazine rings is 1. The van der Waals surface area contributed by atoms with Gasteiger partial charge in [0.25, 0.3) is 0 Å². The highest BCUT2D eigenvalue weighted by atomic mass is 19.1. The summed E-state index contributed by atoms with van der Waals surface area (Å²) in [6.07, 6.45) is 8.30. The number of phenolic OH excluding ortho intramolecular Hbond substituents is 1. The van der Waals surface area contributed by atoms with Gasteiger partial charge in [-0.25, -0.2) is 13.2 Å². The molecule has 1 aromatic heterocycles. The van der Waals surface area contributed by atoms with Gasteiger partial charge in [0, 0.05) is 53.5 Å². The Labute approximate surface area is 270 Å². The van der Waals surface area contributed by atoms with E-state index in [1.54, 1.807) is 0 Å². The molecule has 0 radical (unpaired) electrons. The average molecular weight is 648 g/mol. The lowest BCUT2D eigenvalue weighted by atomic mass is 9.73. The van der Waals surface area contributed by atoms with Crippen molar-refractivity contribution in [1.29, 1.82) is 0 Å². The van der Waals surface area contributed by atoms with E-state index in [1.807, 2.05) is 11.8 Å². The summed E-state index contributed by atoms with van der Waals surface area (Å²) >= 11 is 0. The fraction of sp³-hybridized carbons (Fsp3) is 0.444. The molecule has 3 fully saturated rings. The second-order valence-corrected chi connectivity index (χ2v) is 13.4. The van der Waals surface area contributed by atoms with Gasteiger partial charge in [0.15, 0.2) is 5.82 Å². The van der Waals surface area contributed by atoms with E-state index in [4.69, 9.17) is 16.1 Å². The first-order valence-electron chi connectivity index (χ1n) is 16.2. The van der Waals surface area contributed by atoms with Crippen molar-refractivity contribution >= 4 is 27.5 Å². The molecule has 7 rings (SSSR count). The number of hydrogen-bond donors (Lipinski definition) is 2. The molecule has 3 aliphatic heterocycles. The van der Waals surface area contributed by atoms with Gasteiger partial charge in [-0.1, -0.05) is 25.8 Å². The number of hydrogen-bond acceptors (Lipinski definition) is 7. The highest BCUT2D eigenvalue weighted by molar-refractivity contribution is 6.04. The number of likely N-dealkylation sites (tertiary alicyclic amines) is 1. The van der Waals surface area contributed by atoms with Crippen molar-refractivity contribution in [2.45, 2.75) is 45.2 Å². The van der Waals surface area contributed by atoms with E-state index in [9.17, 15) is 13.9 Å². The summed E-state index contributed by atoms with van der Waals surface area (Å²) in [6.45, 7) is 7.09. The van der Waals surface area contributed by atoms with E-state index < -0.39 is 35.1 Å². The first kappa shape index (κ1) is 31.5. The Balaban J connectivity index is 1.39. The van der Waals surface area contributed by atoms with Crippen LogP contribution in [0.5, 0.6) is 11.8 Å². The molecule has 2 unspecified atom stereocenters. The van der Waals surface area contributed by atoms with E-state index in [0.29, 0.717) is 37.3 Å². The van der Waals surface area contributed by atoms with Crippen LogP contribution in [0.3, 0.4) is 0 Å². The maximum Gasteiger partial charge on any atom is 0.319 e. The van der Waals surface area contributed by atoms with Crippen LogP contribution < -0.4 is 15.0 Å². The lowest BCUT2D eigenvalue weighted by molar-refractivity contribution is -0.00718. The van der Waals surface area contributed by atoms with Crippen molar-refractivity contribution in [2.75, 3.05) is 50.9 Å². The average Bonchev–Trinajstić information content (AvgIpc) is 3.40. The number of rotatable bonds is 7. The Kier molecular flexibility index (Phi) is 8.13. The normalized spacial score (nSPS) is 24.6. The Morgan fingerprint density at radius 1 is 1.09 bits per heavy atom. The standard InChI is InChI=1S/C36H37F4N5O2/c1-4-25-28(38)9-6-20-12-24(46)13-26(30(20)25)31-29(39)14-27-33(32(31)40)42-35(43-34(27)45-16-22-7-8-23(17-45)41-22)47-19-36(3)18-44(5-2)11-10-21(36)15-37/h1,6,9,12-14,21-23,41,46H,5,7-8,10-11,15-19H2,2-3H3/t21?,22-,23+,36?. The lowest BCUT2D eigenvalue weighted by Gasteiger charge is -2.44. The molecule has 7 nitrogen and oxygen atoms in total. The molecule has 0 aliphatic carbocycles. The maximum atomic E-state index is 16.9. The first-order valence-corrected chi connectivity index (χ1v) is 16.2. The first-order chi connectivity index (χ1) is 22.6. The smallest absolute Gasteiger partial charge is 0.319 e. The molecule has 4 heterocycles. The minimum Gasteiger partial charge on any atom is -0.508 e. The number of piperidine rings is 1. The Morgan fingerprint density at radius 2 is 1.85 bits per heavy atom. The number of alkyl halides is 1. The number of terminal acetylenes is 1. The third-order valence-electron chi connectivity index (χ3n) is 10.4. The van der Waals surface area contributed by atoms with Gasteiger partial charge in [0.05, 0.1) is 24.4 Å². The Morgan fingerprint density at radius 3 is 2.55 bits per heavy atom. The SMILES string of the molecule is C#Cc1c(F)ccc2cc(O)cc(-c3c(F)cc4c(N5C[C@H]6CC[C@@H](C5)N6)nc(OCC5(C)CN(CC)CCC5CF)nc4c3F)c12. The molecule has 0 amide bonds. The molecule has 246 valence electrons. The summed E-state index contributed by atoms with van der Waals surface area (Å²) in [4.78, 5) is 13.5. The summed E-state index contributed by atoms with van der Waals surface area (Å²) in [5.74, 6) is -0.545. The van der Waals surface area contributed by atoms with Crippen molar-refractivity contribution < 1.29 is 27.4 Å². The van der Waals surface area contributed by atoms with Gasteiger partial charge < -0.3 is 25.0 Å². The number of nitrogens with zero attached hydrogens (tertiary/aromatic N) is 4. The largest absolute Gasteiger partial charge is 0.508 e. The molecule has 2 N–H and O–H groups in total. The number of benzene rings is 3. The molecule has 4 atom stereocenters. The Bertz CT molecular complexity index is 1900. The number of halogens is 4. The van der Waals surface area contributed by atoms with Crippen molar-refractivity contribution in [3.63, 3.8) is 0 Å². The molecule has 3 aliphatic rings. The van der Waals surface area contributed by atoms with Crippen molar-refractivity contribution in [2.24, 2.45) is 11.3 Å². The second-order valence-electron chi connectivity index (χ2n) is 13.4. The van der Waals surface area contributed by atoms with Gasteiger partial charge in [-0.3, -0.25) is 4.39 Å². The number of ether oxygens (including phenoxy) is 1. The maximum absolute atomic E-state index is 16.9. The van der Waals surface area contributed by atoms with Crippen molar-refractivity contribution in [1.82, 2.24) is 20.2 Å². The molecule has 0 spiro atoms. The molecule has 2 bridgehead atoms. The van der Waals surface area contributed by atoms with Crippen LogP contribution in [0.2, 0.25) is 0 Å². The predicted octanol–water partition coefficient (Wildman–Crippen LogP) is 6.19. The van der Waals surface area contributed by atoms with Crippen LogP contribution in [0.4, 0.5) is 23.4 Å². The zero-order valence-electron chi connectivity index (χ0n) is 26.4. The minimum absolute atomic E-state index is 0.0925. The van der Waals surface area contributed by atoms with Gasteiger partial charge >= 0.3 is 6.01 Å². The quantitative estimate of drug-likeness (QED) is 0.183. The zero-order chi connectivity index (χ0) is 33.0. The fourth-order valence-electron chi connectivity index (χ4n) is 7.78. The summed E-state index contributed by atoms with van der Waals surface area (Å²) in [6, 6.07) is 6.57. The van der Waals surface area contributed by atoms with Crippen LogP contribution in [-0.4, -0.2) is 78.1 Å². The summed E-state index contributed by atoms with van der Waals surface area (Å²) in [5.41, 5.74) is -1.52. The van der Waals surface area contributed by atoms with Crippen LogP contribution in [0.1, 0.15) is 38.7 Å². The molecule has 3 aromatic carbocycles. The third-order valence-corrected chi connectivity index (χ3v) is 10.4. The summed E-state index contributed by atoms with van der Waals surface area (Å²) in [5, 5.41) is 14.7. The number of nitrogens with one attached hydrogen (secondary N) is 1. The van der Waals surface area contributed by atoms with Gasteiger partial charge in [-0.05, 0) is 67.9 Å². The molecule has 3 saturated heterocycles. The van der Waals surface area contributed by atoms with Gasteiger partial charge in [-0.2, -0.15) is 9.97 Å². The molecule has 4 aromatic rings. The number of aromatic nitrogens is 2. The van der Waals surface area contributed by atoms with Gasteiger partial charge in [0.2, 0.25) is 0 Å². The van der Waals surface area contributed by atoms with E-state index in [-0.39, 0.29) is 63.8 Å². The third kappa shape index (κ3) is 5.51. The number of fused-ring (bicyclic) bond motifs is 4. The number of anilines is 1. The monoisotopic (exact) mass is 647 g/mol. The molecular formula is C36H37F4N5O2. The van der Waals surface area contributed by atoms with Crippen LogP contribution >= 0.6 is 0 Å². The minimum atomic E-state index is -1.02. The van der Waals surface area contributed by atoms with Gasteiger partial charge in [0.1, 0.15) is 28.7 Å². The topological polar surface area (TPSA) is 73.8 Å². The predicted molar refractivity (Wildman–Crippen MR) is 174 cm³/mol. The van der Waals surface area contributed by atoms with Crippen LogP contribution in [0.25, 0.3) is 32.8 Å². The Hall–Kier alpha value is -4.14. The van der Waals surface area contributed by atoms with Crippen LogP contribution in [0, 0.1) is 41.1 Å². The van der Waals surface area contributed by atoms with E-state index >= 15 is 8.78 Å². The lowest BCUT2D eigenvalue weighted by Crippen LogP contribution is -2.51. The second kappa shape index (κ2) is 12.1.